The maximum Gasteiger partial charge on any atom is 0.289 e. The van der Waals surface area contributed by atoms with Gasteiger partial charge in [0.1, 0.15) is 0 Å². The SMILES string of the molecule is Cc1c([N+](=O)[O-])cn(CCCCO)c(=O)c1Br. The van der Waals surface area contributed by atoms with Crippen molar-refractivity contribution in [1.82, 2.24) is 4.57 Å². The fraction of sp³-hybridized carbons (Fsp3) is 0.500. The van der Waals surface area contributed by atoms with Gasteiger partial charge in [-0.3, -0.25) is 14.9 Å². The maximum atomic E-state index is 11.8. The highest BCUT2D eigenvalue weighted by atomic mass is 79.9. The zero-order valence-electron chi connectivity index (χ0n) is 9.35. The number of halogens is 1. The number of aromatic nitrogens is 1. The topological polar surface area (TPSA) is 85.4 Å². The van der Waals surface area contributed by atoms with E-state index in [1.165, 1.54) is 17.7 Å². The van der Waals surface area contributed by atoms with Gasteiger partial charge in [0.15, 0.2) is 0 Å². The summed E-state index contributed by atoms with van der Waals surface area (Å²) in [4.78, 5) is 22.1. The van der Waals surface area contributed by atoms with Crippen molar-refractivity contribution in [2.45, 2.75) is 26.3 Å². The van der Waals surface area contributed by atoms with Crippen LogP contribution in [0.2, 0.25) is 0 Å². The maximum absolute atomic E-state index is 11.8. The summed E-state index contributed by atoms with van der Waals surface area (Å²) in [6.07, 6.45) is 2.41. The van der Waals surface area contributed by atoms with Crippen LogP contribution in [0.25, 0.3) is 0 Å². The first kappa shape index (κ1) is 13.9. The van der Waals surface area contributed by atoms with Crippen molar-refractivity contribution < 1.29 is 10.0 Å². The summed E-state index contributed by atoms with van der Waals surface area (Å²) in [7, 11) is 0. The first-order chi connectivity index (χ1) is 7.99. The first-order valence-corrected chi connectivity index (χ1v) is 5.93. The smallest absolute Gasteiger partial charge is 0.289 e. The van der Waals surface area contributed by atoms with Crippen molar-refractivity contribution in [2.24, 2.45) is 0 Å². The third-order valence-electron chi connectivity index (χ3n) is 2.44. The number of hydrogen-bond acceptors (Lipinski definition) is 4. The molecule has 1 N–H and O–H groups in total. The number of pyridine rings is 1. The average Bonchev–Trinajstić information content (AvgIpc) is 2.29. The Balaban J connectivity index is 3.14. The van der Waals surface area contributed by atoms with E-state index in [-0.39, 0.29) is 22.3 Å². The summed E-state index contributed by atoms with van der Waals surface area (Å²) >= 11 is 3.07. The van der Waals surface area contributed by atoms with Crippen LogP contribution in [0.1, 0.15) is 18.4 Å². The van der Waals surface area contributed by atoms with Crippen LogP contribution in [-0.4, -0.2) is 21.2 Å². The monoisotopic (exact) mass is 304 g/mol. The molecule has 7 heteroatoms. The van der Waals surface area contributed by atoms with Crippen LogP contribution in [0.15, 0.2) is 15.5 Å². The standard InChI is InChI=1S/C10H13BrN2O4/c1-7-8(13(16)17)6-12(4-2-3-5-14)10(15)9(7)11/h6,14H,2-5H2,1H3. The van der Waals surface area contributed by atoms with Gasteiger partial charge in [-0.1, -0.05) is 0 Å². The summed E-state index contributed by atoms with van der Waals surface area (Å²) in [5.41, 5.74) is -0.0371. The molecule has 0 fully saturated rings. The van der Waals surface area contributed by atoms with Gasteiger partial charge < -0.3 is 9.67 Å². The molecule has 0 aliphatic rings. The molecule has 0 spiro atoms. The second-order valence-corrected chi connectivity index (χ2v) is 4.43. The van der Waals surface area contributed by atoms with Crippen LogP contribution in [0, 0.1) is 17.0 Å². The molecule has 0 amide bonds. The zero-order valence-corrected chi connectivity index (χ0v) is 10.9. The molecular weight excluding hydrogens is 292 g/mol. The van der Waals surface area contributed by atoms with Crippen molar-refractivity contribution in [3.63, 3.8) is 0 Å². The zero-order chi connectivity index (χ0) is 13.0. The normalized spacial score (nSPS) is 10.5. The van der Waals surface area contributed by atoms with Gasteiger partial charge in [-0.05, 0) is 35.7 Å². The first-order valence-electron chi connectivity index (χ1n) is 5.13. The van der Waals surface area contributed by atoms with Gasteiger partial charge in [0.2, 0.25) is 0 Å². The van der Waals surface area contributed by atoms with E-state index >= 15 is 0 Å². The van der Waals surface area contributed by atoms with Crippen molar-refractivity contribution in [3.05, 3.63) is 36.7 Å². The summed E-state index contributed by atoms with van der Waals surface area (Å²) in [5.74, 6) is 0. The number of rotatable bonds is 5. The lowest BCUT2D eigenvalue weighted by molar-refractivity contribution is -0.386. The largest absolute Gasteiger partial charge is 0.396 e. The van der Waals surface area contributed by atoms with E-state index < -0.39 is 4.92 Å². The molecule has 0 bridgehead atoms. The molecule has 0 atom stereocenters. The van der Waals surface area contributed by atoms with Gasteiger partial charge in [0, 0.05) is 18.7 Å². The molecule has 0 saturated carbocycles. The summed E-state index contributed by atoms with van der Waals surface area (Å²) in [6, 6.07) is 0. The van der Waals surface area contributed by atoms with Crippen LogP contribution >= 0.6 is 15.9 Å². The summed E-state index contributed by atoms with van der Waals surface area (Å²) in [6.45, 7) is 1.94. The van der Waals surface area contributed by atoms with Crippen LogP contribution in [0.3, 0.4) is 0 Å². The second-order valence-electron chi connectivity index (χ2n) is 3.64. The molecule has 0 aliphatic heterocycles. The predicted octanol–water partition coefficient (Wildman–Crippen LogP) is 1.60. The van der Waals surface area contributed by atoms with Gasteiger partial charge in [0.05, 0.1) is 15.6 Å². The van der Waals surface area contributed by atoms with Gasteiger partial charge in [-0.25, -0.2) is 0 Å². The fourth-order valence-corrected chi connectivity index (χ4v) is 1.88. The highest BCUT2D eigenvalue weighted by molar-refractivity contribution is 9.10. The number of hydrogen-bond donors (Lipinski definition) is 1. The number of aryl methyl sites for hydroxylation is 1. The van der Waals surface area contributed by atoms with E-state index in [2.05, 4.69) is 15.9 Å². The van der Waals surface area contributed by atoms with Gasteiger partial charge in [-0.15, -0.1) is 0 Å². The lowest BCUT2D eigenvalue weighted by Gasteiger charge is -2.07. The minimum Gasteiger partial charge on any atom is -0.396 e. The van der Waals surface area contributed by atoms with Crippen molar-refractivity contribution in [3.8, 4) is 0 Å². The quantitative estimate of drug-likeness (QED) is 0.508. The number of nitrogens with zero attached hydrogens (tertiary/aromatic N) is 2. The molecule has 17 heavy (non-hydrogen) atoms. The highest BCUT2D eigenvalue weighted by Gasteiger charge is 2.17. The molecule has 0 aliphatic carbocycles. The van der Waals surface area contributed by atoms with Crippen molar-refractivity contribution in [2.75, 3.05) is 6.61 Å². The van der Waals surface area contributed by atoms with Gasteiger partial charge in [-0.2, -0.15) is 0 Å². The number of aliphatic hydroxyl groups excluding tert-OH is 1. The predicted molar refractivity (Wildman–Crippen MR) is 66.1 cm³/mol. The number of aliphatic hydroxyl groups is 1. The van der Waals surface area contributed by atoms with E-state index in [1.807, 2.05) is 0 Å². The van der Waals surface area contributed by atoms with Crippen molar-refractivity contribution >= 4 is 21.6 Å². The summed E-state index contributed by atoms with van der Waals surface area (Å²) in [5, 5.41) is 19.4. The molecule has 0 saturated heterocycles. The fourth-order valence-electron chi connectivity index (χ4n) is 1.45. The molecule has 1 aromatic heterocycles. The van der Waals surface area contributed by atoms with Crippen LogP contribution in [0.4, 0.5) is 5.69 Å². The number of unbranched alkanes of at least 4 members (excludes halogenated alkanes) is 1. The molecule has 1 heterocycles. The number of nitro groups is 1. The Hall–Kier alpha value is -1.21. The average molecular weight is 305 g/mol. The molecule has 1 aromatic rings. The molecular formula is C10H13BrN2O4. The minimum atomic E-state index is -0.512. The Kier molecular flexibility index (Phi) is 4.83. The van der Waals surface area contributed by atoms with E-state index in [0.717, 1.165) is 0 Å². The minimum absolute atomic E-state index is 0.0455. The molecule has 6 nitrogen and oxygen atoms in total. The molecule has 0 unspecified atom stereocenters. The van der Waals surface area contributed by atoms with Crippen molar-refractivity contribution in [1.29, 1.82) is 0 Å². The van der Waals surface area contributed by atoms with E-state index in [0.29, 0.717) is 24.9 Å². The summed E-state index contributed by atoms with van der Waals surface area (Å²) < 4.78 is 1.51. The lowest BCUT2D eigenvalue weighted by atomic mass is 10.2. The Morgan fingerprint density at radius 3 is 2.71 bits per heavy atom. The second kappa shape index (κ2) is 5.92. The Morgan fingerprint density at radius 1 is 1.53 bits per heavy atom. The van der Waals surface area contributed by atoms with E-state index in [4.69, 9.17) is 5.11 Å². The Bertz CT molecular complexity index is 484. The third kappa shape index (κ3) is 3.13. The molecule has 0 aromatic carbocycles. The Morgan fingerprint density at radius 2 is 2.18 bits per heavy atom. The van der Waals surface area contributed by atoms with E-state index in [9.17, 15) is 14.9 Å². The third-order valence-corrected chi connectivity index (χ3v) is 3.38. The molecule has 1 rings (SSSR count). The van der Waals surface area contributed by atoms with Crippen LogP contribution in [-0.2, 0) is 6.54 Å². The van der Waals surface area contributed by atoms with E-state index in [1.54, 1.807) is 0 Å². The van der Waals surface area contributed by atoms with Gasteiger partial charge in [0.25, 0.3) is 11.2 Å². The molecule has 0 radical (unpaired) electrons. The van der Waals surface area contributed by atoms with Gasteiger partial charge >= 0.3 is 0 Å². The molecule has 94 valence electrons. The van der Waals surface area contributed by atoms with Crippen LogP contribution in [0.5, 0.6) is 0 Å². The Labute approximate surface area is 106 Å². The highest BCUT2D eigenvalue weighted by Crippen LogP contribution is 2.22. The van der Waals surface area contributed by atoms with Crippen LogP contribution < -0.4 is 5.56 Å². The lowest BCUT2D eigenvalue weighted by Crippen LogP contribution is -2.22.